The number of allylic oxidation sites excluding steroid dienone is 2. The molecule has 1 aromatic carbocycles. The van der Waals surface area contributed by atoms with Crippen molar-refractivity contribution in [3.8, 4) is 6.07 Å². The number of carbonyl (C=O) groups is 2. The molecule has 128 valence electrons. The molecular weight excluding hydrogens is 314 g/mol. The van der Waals surface area contributed by atoms with E-state index in [-0.39, 0.29) is 23.1 Å². The predicted octanol–water partition coefficient (Wildman–Crippen LogP) is 2.48. The minimum Gasteiger partial charge on any atom is -0.342 e. The zero-order valence-electron chi connectivity index (χ0n) is 14.1. The normalized spacial score (nSPS) is 26.0. The fraction of sp³-hybridized carbons (Fsp3) is 0.450. The highest BCUT2D eigenvalue weighted by Crippen LogP contribution is 2.42. The molecule has 25 heavy (non-hydrogen) atoms. The summed E-state index contributed by atoms with van der Waals surface area (Å²) in [7, 11) is 0. The van der Waals surface area contributed by atoms with Gasteiger partial charge in [0.25, 0.3) is 0 Å². The van der Waals surface area contributed by atoms with Gasteiger partial charge in [-0.15, -0.1) is 0 Å². The number of likely N-dealkylation sites (tertiary alicyclic amines) is 1. The summed E-state index contributed by atoms with van der Waals surface area (Å²) in [5.41, 5.74) is 1.31. The van der Waals surface area contributed by atoms with E-state index < -0.39 is 0 Å². The maximum atomic E-state index is 12.6. The van der Waals surface area contributed by atoms with E-state index in [1.807, 2.05) is 21.9 Å². The molecule has 0 bridgehead atoms. The molecule has 0 N–H and O–H groups in total. The molecule has 0 aromatic heterocycles. The van der Waals surface area contributed by atoms with E-state index >= 15 is 0 Å². The fourth-order valence-electron chi connectivity index (χ4n) is 4.32. The number of nitriles is 1. The second-order valence-corrected chi connectivity index (χ2v) is 7.46. The first kappa shape index (κ1) is 15.9. The Morgan fingerprint density at radius 1 is 1.16 bits per heavy atom. The number of amides is 2. The Balaban J connectivity index is 1.46. The van der Waals surface area contributed by atoms with Crippen molar-refractivity contribution in [2.24, 2.45) is 11.3 Å². The van der Waals surface area contributed by atoms with E-state index in [2.05, 4.69) is 18.2 Å². The van der Waals surface area contributed by atoms with Crippen molar-refractivity contribution in [2.75, 3.05) is 24.5 Å². The summed E-state index contributed by atoms with van der Waals surface area (Å²) in [6.07, 6.45) is 7.24. The molecule has 1 atom stereocenters. The van der Waals surface area contributed by atoms with Crippen LogP contribution >= 0.6 is 0 Å². The van der Waals surface area contributed by atoms with E-state index in [1.54, 1.807) is 12.1 Å². The monoisotopic (exact) mass is 335 g/mol. The second kappa shape index (κ2) is 6.03. The van der Waals surface area contributed by atoms with E-state index in [4.69, 9.17) is 5.26 Å². The van der Waals surface area contributed by atoms with Crippen LogP contribution in [0.5, 0.6) is 0 Å². The Labute approximate surface area is 147 Å². The molecule has 4 rings (SSSR count). The van der Waals surface area contributed by atoms with Crippen LogP contribution < -0.4 is 4.90 Å². The van der Waals surface area contributed by atoms with Crippen molar-refractivity contribution in [1.82, 2.24) is 4.90 Å². The summed E-state index contributed by atoms with van der Waals surface area (Å²) >= 11 is 0. The average molecular weight is 335 g/mol. The first-order chi connectivity index (χ1) is 12.1. The first-order valence-corrected chi connectivity index (χ1v) is 8.85. The van der Waals surface area contributed by atoms with Gasteiger partial charge in [-0.2, -0.15) is 5.26 Å². The number of hydrogen-bond donors (Lipinski definition) is 0. The van der Waals surface area contributed by atoms with Crippen molar-refractivity contribution >= 4 is 17.5 Å². The predicted molar refractivity (Wildman–Crippen MR) is 93.6 cm³/mol. The summed E-state index contributed by atoms with van der Waals surface area (Å²) in [4.78, 5) is 29.0. The van der Waals surface area contributed by atoms with Crippen LogP contribution in [-0.2, 0) is 9.59 Å². The standard InChI is InChI=1S/C20H21N3O2/c21-12-15-5-7-17(8-6-15)23-14-20(11-18(23)24)9-10-22(13-20)19(25)16-3-1-2-4-16/h1-2,5-8,16H,3-4,9-11,13-14H2/t20-/m0/s1. The maximum Gasteiger partial charge on any atom is 0.227 e. The molecule has 5 heteroatoms. The van der Waals surface area contributed by atoms with Crippen LogP contribution in [0.2, 0.25) is 0 Å². The third-order valence-electron chi connectivity index (χ3n) is 5.74. The van der Waals surface area contributed by atoms with E-state index in [9.17, 15) is 9.59 Å². The van der Waals surface area contributed by atoms with Gasteiger partial charge in [-0.3, -0.25) is 9.59 Å². The van der Waals surface area contributed by atoms with Crippen LogP contribution in [0.25, 0.3) is 0 Å². The molecule has 5 nitrogen and oxygen atoms in total. The lowest BCUT2D eigenvalue weighted by atomic mass is 9.86. The number of anilines is 1. The van der Waals surface area contributed by atoms with Gasteiger partial charge in [0.15, 0.2) is 0 Å². The lowest BCUT2D eigenvalue weighted by molar-refractivity contribution is -0.134. The highest BCUT2D eigenvalue weighted by molar-refractivity contribution is 5.96. The van der Waals surface area contributed by atoms with Crippen LogP contribution in [0, 0.1) is 22.7 Å². The zero-order chi connectivity index (χ0) is 17.4. The number of carbonyl (C=O) groups excluding carboxylic acids is 2. The van der Waals surface area contributed by atoms with Crippen molar-refractivity contribution in [3.63, 3.8) is 0 Å². The molecule has 1 aliphatic carbocycles. The van der Waals surface area contributed by atoms with Crippen molar-refractivity contribution in [1.29, 1.82) is 5.26 Å². The molecule has 0 radical (unpaired) electrons. The average Bonchev–Trinajstić information content (AvgIpc) is 3.36. The summed E-state index contributed by atoms with van der Waals surface area (Å²) < 4.78 is 0. The minimum absolute atomic E-state index is 0.0990. The minimum atomic E-state index is -0.118. The molecule has 3 aliphatic rings. The third-order valence-corrected chi connectivity index (χ3v) is 5.74. The van der Waals surface area contributed by atoms with Gasteiger partial charge in [-0.25, -0.2) is 0 Å². The van der Waals surface area contributed by atoms with Gasteiger partial charge in [-0.05, 0) is 43.5 Å². The molecule has 2 amide bonds. The summed E-state index contributed by atoms with van der Waals surface area (Å²) in [6.45, 7) is 2.09. The number of rotatable bonds is 2. The lowest BCUT2D eigenvalue weighted by Gasteiger charge is -2.25. The van der Waals surface area contributed by atoms with Crippen LogP contribution in [0.4, 0.5) is 5.69 Å². The van der Waals surface area contributed by atoms with E-state index in [0.717, 1.165) is 31.5 Å². The first-order valence-electron chi connectivity index (χ1n) is 8.85. The Morgan fingerprint density at radius 2 is 1.88 bits per heavy atom. The number of hydrogen-bond acceptors (Lipinski definition) is 3. The van der Waals surface area contributed by atoms with Gasteiger partial charge in [0.2, 0.25) is 11.8 Å². The van der Waals surface area contributed by atoms with Crippen molar-refractivity contribution in [3.05, 3.63) is 42.0 Å². The summed E-state index contributed by atoms with van der Waals surface area (Å²) in [5, 5.41) is 8.91. The van der Waals surface area contributed by atoms with Crippen LogP contribution in [0.3, 0.4) is 0 Å². The Morgan fingerprint density at radius 3 is 2.56 bits per heavy atom. The third kappa shape index (κ3) is 2.82. The lowest BCUT2D eigenvalue weighted by Crippen LogP contribution is -2.36. The largest absolute Gasteiger partial charge is 0.342 e. The quantitative estimate of drug-likeness (QED) is 0.780. The Kier molecular flexibility index (Phi) is 3.84. The van der Waals surface area contributed by atoms with Crippen LogP contribution in [0.15, 0.2) is 36.4 Å². The molecule has 1 spiro atoms. The molecule has 0 unspecified atom stereocenters. The van der Waals surface area contributed by atoms with Gasteiger partial charge >= 0.3 is 0 Å². The van der Waals surface area contributed by atoms with E-state index in [0.29, 0.717) is 25.1 Å². The topological polar surface area (TPSA) is 64.4 Å². The van der Waals surface area contributed by atoms with Crippen molar-refractivity contribution < 1.29 is 9.59 Å². The van der Waals surface area contributed by atoms with Crippen LogP contribution in [-0.4, -0.2) is 36.3 Å². The van der Waals surface area contributed by atoms with Gasteiger partial charge in [0, 0.05) is 43.1 Å². The number of benzene rings is 1. The number of nitrogens with zero attached hydrogens (tertiary/aromatic N) is 3. The smallest absolute Gasteiger partial charge is 0.227 e. The molecule has 2 aliphatic heterocycles. The zero-order valence-corrected chi connectivity index (χ0v) is 14.1. The van der Waals surface area contributed by atoms with E-state index in [1.165, 1.54) is 0 Å². The van der Waals surface area contributed by atoms with Gasteiger partial charge < -0.3 is 9.80 Å². The highest BCUT2D eigenvalue weighted by Gasteiger charge is 2.49. The molecule has 0 saturated carbocycles. The second-order valence-electron chi connectivity index (χ2n) is 7.46. The molecular formula is C20H21N3O2. The van der Waals surface area contributed by atoms with Crippen LogP contribution in [0.1, 0.15) is 31.2 Å². The molecule has 2 heterocycles. The summed E-state index contributed by atoms with van der Waals surface area (Å²) in [6, 6.07) is 9.24. The van der Waals surface area contributed by atoms with Gasteiger partial charge in [0.1, 0.15) is 0 Å². The summed E-state index contributed by atoms with van der Waals surface area (Å²) in [5.74, 6) is 0.453. The molecule has 2 fully saturated rings. The maximum absolute atomic E-state index is 12.6. The van der Waals surface area contributed by atoms with Gasteiger partial charge in [-0.1, -0.05) is 12.2 Å². The molecule has 1 aromatic rings. The Bertz CT molecular complexity index is 769. The highest BCUT2D eigenvalue weighted by atomic mass is 16.2. The SMILES string of the molecule is N#Cc1ccc(N2C[C@@]3(CCN(C(=O)C4CC=CC4)C3)CC2=O)cc1. The van der Waals surface area contributed by atoms with Crippen molar-refractivity contribution in [2.45, 2.75) is 25.7 Å². The van der Waals surface area contributed by atoms with Gasteiger partial charge in [0.05, 0.1) is 11.6 Å². The Hall–Kier alpha value is -2.61. The fourth-order valence-corrected chi connectivity index (χ4v) is 4.32. The molecule has 2 saturated heterocycles.